The van der Waals surface area contributed by atoms with Crippen molar-refractivity contribution < 1.29 is 14.3 Å². The lowest BCUT2D eigenvalue weighted by Crippen LogP contribution is -2.46. The third-order valence-corrected chi connectivity index (χ3v) is 5.58. The highest BCUT2D eigenvalue weighted by Crippen LogP contribution is 2.28. The Morgan fingerprint density at radius 3 is 2.26 bits per heavy atom. The van der Waals surface area contributed by atoms with E-state index in [1.165, 1.54) is 18.5 Å². The number of para-hydroxylation sites is 3. The molecule has 0 bridgehead atoms. The number of nitrogens with zero attached hydrogens (tertiary/aromatic N) is 2. The summed E-state index contributed by atoms with van der Waals surface area (Å²) in [4.78, 5) is 16.4. The molecule has 1 saturated heterocycles. The molecular weight excluding hydrogens is 414 g/mol. The first kappa shape index (κ1) is 24.8. The van der Waals surface area contributed by atoms with Gasteiger partial charge in [0.2, 0.25) is 0 Å². The van der Waals surface area contributed by atoms with E-state index >= 15 is 0 Å². The number of rotatable bonds is 11. The van der Waals surface area contributed by atoms with Crippen molar-refractivity contribution in [2.45, 2.75) is 25.7 Å². The summed E-state index contributed by atoms with van der Waals surface area (Å²) < 4.78 is 11.2. The van der Waals surface area contributed by atoms with Crippen LogP contribution in [-0.4, -0.2) is 57.2 Å². The van der Waals surface area contributed by atoms with Gasteiger partial charge in [0.1, 0.15) is 11.5 Å². The number of carbonyl (C=O) groups excluding carboxylic acids is 1. The molecule has 1 aliphatic heterocycles. The van der Waals surface area contributed by atoms with Gasteiger partial charge in [-0.25, -0.2) is 0 Å². The van der Waals surface area contributed by atoms with Crippen LogP contribution in [0.3, 0.4) is 0 Å². The molecule has 0 atom stereocenters. The zero-order chi connectivity index (χ0) is 21.2. The van der Waals surface area contributed by atoms with Crippen molar-refractivity contribution in [1.29, 1.82) is 0 Å². The van der Waals surface area contributed by atoms with Crippen molar-refractivity contribution in [3.05, 3.63) is 54.1 Å². The quantitative estimate of drug-likeness (QED) is 0.528. The summed E-state index contributed by atoms with van der Waals surface area (Å²) in [6.07, 6.45) is 4.49. The number of carbonyl (C=O) groups is 1. The van der Waals surface area contributed by atoms with Gasteiger partial charge in [-0.05, 0) is 43.7 Å². The van der Waals surface area contributed by atoms with E-state index in [0.29, 0.717) is 17.9 Å². The fraction of sp³-hybridized carbons (Fsp3) is 0.458. The number of unbranched alkanes of at least 4 members (excludes halogenated alkanes) is 3. The Labute approximate surface area is 191 Å². The summed E-state index contributed by atoms with van der Waals surface area (Å²) in [5.74, 6) is 1.08. The highest BCUT2D eigenvalue weighted by Gasteiger charge is 2.19. The molecule has 2 aromatic carbocycles. The number of halogens is 1. The lowest BCUT2D eigenvalue weighted by molar-refractivity contribution is 0.0996. The minimum atomic E-state index is -0.448. The second-order valence-corrected chi connectivity index (χ2v) is 7.62. The van der Waals surface area contributed by atoms with E-state index in [9.17, 15) is 4.79 Å². The molecule has 1 aliphatic rings. The Hall–Kier alpha value is -2.44. The van der Waals surface area contributed by atoms with Gasteiger partial charge in [-0.3, -0.25) is 9.69 Å². The Morgan fingerprint density at radius 1 is 0.903 bits per heavy atom. The fourth-order valence-electron chi connectivity index (χ4n) is 3.87. The van der Waals surface area contributed by atoms with Gasteiger partial charge in [0.05, 0.1) is 25.0 Å². The largest absolute Gasteiger partial charge is 0.495 e. The highest BCUT2D eigenvalue weighted by atomic mass is 35.5. The molecule has 1 amide bonds. The van der Waals surface area contributed by atoms with Crippen LogP contribution in [0.15, 0.2) is 48.5 Å². The Morgan fingerprint density at radius 2 is 1.55 bits per heavy atom. The smallest absolute Gasteiger partial charge is 0.252 e. The van der Waals surface area contributed by atoms with Crippen molar-refractivity contribution in [3.63, 3.8) is 0 Å². The molecule has 31 heavy (non-hydrogen) atoms. The van der Waals surface area contributed by atoms with Gasteiger partial charge in [-0.2, -0.15) is 0 Å². The predicted molar refractivity (Wildman–Crippen MR) is 128 cm³/mol. The first-order valence-corrected chi connectivity index (χ1v) is 10.8. The molecule has 1 fully saturated rings. The molecule has 0 aromatic heterocycles. The zero-order valence-corrected chi connectivity index (χ0v) is 19.1. The van der Waals surface area contributed by atoms with E-state index in [4.69, 9.17) is 15.2 Å². The monoisotopic (exact) mass is 447 g/mol. The maximum Gasteiger partial charge on any atom is 0.252 e. The van der Waals surface area contributed by atoms with Gasteiger partial charge in [-0.1, -0.05) is 37.1 Å². The molecule has 0 unspecified atom stereocenters. The molecule has 3 rings (SSSR count). The number of hydrogen-bond acceptors (Lipinski definition) is 5. The van der Waals surface area contributed by atoms with Gasteiger partial charge < -0.3 is 20.1 Å². The number of methoxy groups -OCH3 is 1. The fourth-order valence-corrected chi connectivity index (χ4v) is 3.87. The third-order valence-electron chi connectivity index (χ3n) is 5.58. The van der Waals surface area contributed by atoms with E-state index in [1.54, 1.807) is 25.3 Å². The van der Waals surface area contributed by atoms with Gasteiger partial charge in [0, 0.05) is 26.2 Å². The predicted octanol–water partition coefficient (Wildman–Crippen LogP) is 3.98. The second kappa shape index (κ2) is 13.1. The molecule has 2 N–H and O–H groups in total. The van der Waals surface area contributed by atoms with Crippen LogP contribution in [0.2, 0.25) is 0 Å². The van der Waals surface area contributed by atoms with Crippen LogP contribution in [0.1, 0.15) is 36.0 Å². The Bertz CT molecular complexity index is 810. The minimum absolute atomic E-state index is 0. The van der Waals surface area contributed by atoms with Crippen LogP contribution in [0, 0.1) is 0 Å². The Balaban J connectivity index is 0.00000341. The van der Waals surface area contributed by atoms with E-state index < -0.39 is 5.91 Å². The van der Waals surface area contributed by atoms with Crippen LogP contribution < -0.4 is 20.1 Å². The first-order chi connectivity index (χ1) is 14.7. The molecule has 2 aromatic rings. The summed E-state index contributed by atoms with van der Waals surface area (Å²) in [7, 11) is 1.73. The van der Waals surface area contributed by atoms with Crippen LogP contribution in [0.25, 0.3) is 0 Å². The van der Waals surface area contributed by atoms with Crippen molar-refractivity contribution in [2.24, 2.45) is 5.73 Å². The summed E-state index contributed by atoms with van der Waals surface area (Å²) >= 11 is 0. The number of ether oxygens (including phenoxy) is 2. The number of amides is 1. The molecule has 170 valence electrons. The van der Waals surface area contributed by atoms with Crippen LogP contribution >= 0.6 is 12.4 Å². The normalized spacial score (nSPS) is 14.0. The lowest BCUT2D eigenvalue weighted by Gasteiger charge is -2.36. The summed E-state index contributed by atoms with van der Waals surface area (Å²) in [5, 5.41) is 0. The molecule has 0 spiro atoms. The summed E-state index contributed by atoms with van der Waals surface area (Å²) in [5.41, 5.74) is 7.02. The van der Waals surface area contributed by atoms with Crippen molar-refractivity contribution in [3.8, 4) is 11.5 Å². The standard InChI is InChI=1S/C24H33N3O3.ClH/c1-29-23-13-7-5-11-21(23)27-17-15-26(16-18-27)14-8-2-3-9-19-30-22-12-6-4-10-20(22)24(25)28;/h4-7,10-13H,2-3,8-9,14-19H2,1H3,(H2,25,28);1H. The van der Waals surface area contributed by atoms with E-state index in [2.05, 4.69) is 21.9 Å². The van der Waals surface area contributed by atoms with Crippen molar-refractivity contribution in [1.82, 2.24) is 4.90 Å². The average Bonchev–Trinajstić information content (AvgIpc) is 2.79. The zero-order valence-electron chi connectivity index (χ0n) is 18.3. The summed E-state index contributed by atoms with van der Waals surface area (Å²) in [6.45, 7) is 6.00. The number of nitrogens with two attached hydrogens (primary N) is 1. The van der Waals surface area contributed by atoms with E-state index in [0.717, 1.165) is 51.3 Å². The molecule has 0 aliphatic carbocycles. The third kappa shape index (κ3) is 7.33. The molecule has 7 heteroatoms. The SMILES string of the molecule is COc1ccccc1N1CCN(CCCCCCOc2ccccc2C(N)=O)CC1.Cl. The van der Waals surface area contributed by atoms with E-state index in [-0.39, 0.29) is 12.4 Å². The molecule has 0 radical (unpaired) electrons. The number of benzene rings is 2. The second-order valence-electron chi connectivity index (χ2n) is 7.62. The topological polar surface area (TPSA) is 68.0 Å². The number of primary amides is 1. The lowest BCUT2D eigenvalue weighted by atomic mass is 10.1. The summed E-state index contributed by atoms with van der Waals surface area (Å²) in [6, 6.07) is 15.4. The maximum absolute atomic E-state index is 11.4. The number of anilines is 1. The van der Waals surface area contributed by atoms with Crippen LogP contribution in [-0.2, 0) is 0 Å². The van der Waals surface area contributed by atoms with Crippen LogP contribution in [0.5, 0.6) is 11.5 Å². The first-order valence-electron chi connectivity index (χ1n) is 10.8. The molecule has 0 saturated carbocycles. The molecule has 6 nitrogen and oxygen atoms in total. The van der Waals surface area contributed by atoms with E-state index in [1.807, 2.05) is 18.2 Å². The van der Waals surface area contributed by atoms with Crippen molar-refractivity contribution >= 4 is 24.0 Å². The maximum atomic E-state index is 11.4. The molecule has 1 heterocycles. The van der Waals surface area contributed by atoms with Gasteiger partial charge >= 0.3 is 0 Å². The van der Waals surface area contributed by atoms with Gasteiger partial charge in [0.15, 0.2) is 0 Å². The minimum Gasteiger partial charge on any atom is -0.495 e. The molecular formula is C24H34ClN3O3. The van der Waals surface area contributed by atoms with Crippen LogP contribution in [0.4, 0.5) is 5.69 Å². The number of piperazine rings is 1. The van der Waals surface area contributed by atoms with Gasteiger partial charge in [0.25, 0.3) is 5.91 Å². The van der Waals surface area contributed by atoms with Gasteiger partial charge in [-0.15, -0.1) is 12.4 Å². The Kier molecular flexibility index (Phi) is 10.5. The highest BCUT2D eigenvalue weighted by molar-refractivity contribution is 5.95. The average molecular weight is 448 g/mol. The van der Waals surface area contributed by atoms with Crippen molar-refractivity contribution in [2.75, 3.05) is 51.3 Å². The number of hydrogen-bond donors (Lipinski definition) is 1.